The molecule has 39 heavy (non-hydrogen) atoms. The fourth-order valence-electron chi connectivity index (χ4n) is 2.72. The molecule has 226 valence electrons. The summed E-state index contributed by atoms with van der Waals surface area (Å²) in [7, 11) is 1.90. The molecule has 13 heteroatoms. The van der Waals surface area contributed by atoms with Crippen LogP contribution in [0.2, 0.25) is 0 Å². The highest BCUT2D eigenvalue weighted by Gasteiger charge is 2.18. The summed E-state index contributed by atoms with van der Waals surface area (Å²) in [5.74, 6) is -0.854. The van der Waals surface area contributed by atoms with Gasteiger partial charge in [-0.2, -0.15) is 0 Å². The lowest BCUT2D eigenvalue weighted by atomic mass is 10.1. The summed E-state index contributed by atoms with van der Waals surface area (Å²) in [4.78, 5) is 36.1. The summed E-state index contributed by atoms with van der Waals surface area (Å²) in [6, 6.07) is 0. The number of aliphatic hydroxyl groups excluding tert-OH is 2. The van der Waals surface area contributed by atoms with Gasteiger partial charge in [-0.1, -0.05) is 27.0 Å². The lowest BCUT2D eigenvalue weighted by Crippen LogP contribution is -2.35. The molecule has 0 aromatic heterocycles. The summed E-state index contributed by atoms with van der Waals surface area (Å²) >= 11 is 0. The number of carbonyl (C=O) groups is 3. The maximum atomic E-state index is 12.0. The van der Waals surface area contributed by atoms with Crippen molar-refractivity contribution in [2.75, 3.05) is 66.4 Å². The van der Waals surface area contributed by atoms with E-state index in [0.717, 1.165) is 19.4 Å². The molecule has 2 unspecified atom stereocenters. The molecule has 13 nitrogen and oxygen atoms in total. The number of aliphatic hydroxyl groups is 2. The first-order chi connectivity index (χ1) is 18.6. The molecule has 0 aliphatic carbocycles. The minimum Gasteiger partial charge on any atom is -0.446 e. The van der Waals surface area contributed by atoms with E-state index in [-0.39, 0.29) is 68.6 Å². The molecule has 2 atom stereocenters. The third-order valence-corrected chi connectivity index (χ3v) is 5.50. The van der Waals surface area contributed by atoms with Crippen molar-refractivity contribution in [3.05, 3.63) is 24.6 Å². The van der Waals surface area contributed by atoms with Gasteiger partial charge in [-0.3, -0.25) is 15.4 Å². The van der Waals surface area contributed by atoms with Crippen molar-refractivity contribution in [1.29, 1.82) is 0 Å². The zero-order chi connectivity index (χ0) is 29.5. The van der Waals surface area contributed by atoms with Gasteiger partial charge in [0.2, 0.25) is 5.91 Å². The largest absolute Gasteiger partial charge is 0.446 e. The van der Waals surface area contributed by atoms with E-state index in [9.17, 15) is 14.4 Å². The normalized spacial score (nSPS) is 13.1. The Bertz CT molecular complexity index is 696. The second-order valence-corrected chi connectivity index (χ2v) is 9.03. The molecule has 0 fully saturated rings. The standard InChI is InChI=1S/C26H48N4O9/c1-19(15-31)21(3)29-25(34)38-17-23(18-39-26(35)30-22(4)20(2)16-32)37-13-8-9-24(33)28-11-14-36-12-7-6-10-27-5/h19-20,23,27,31-32H,3-4,6-18H2,1-2,5H3,(H,28,33)(H,29,34)(H,30,35). The zero-order valence-corrected chi connectivity index (χ0v) is 23.6. The van der Waals surface area contributed by atoms with Crippen molar-refractivity contribution in [3.63, 3.8) is 0 Å². The van der Waals surface area contributed by atoms with E-state index in [1.165, 1.54) is 0 Å². The third-order valence-electron chi connectivity index (χ3n) is 5.50. The SMILES string of the molecule is C=C(NC(=O)OCC(COC(=O)NC(=C)C(C)CO)OCCCC(=O)NCCOCCCCNC)C(C)CO. The molecule has 0 aromatic carbocycles. The summed E-state index contributed by atoms with van der Waals surface area (Å²) in [6.45, 7) is 12.4. The first-order valence-electron chi connectivity index (χ1n) is 13.2. The van der Waals surface area contributed by atoms with Gasteiger partial charge < -0.3 is 39.8 Å². The van der Waals surface area contributed by atoms with Crippen molar-refractivity contribution >= 4 is 18.1 Å². The molecule has 0 bridgehead atoms. The molecule has 6 N–H and O–H groups in total. The van der Waals surface area contributed by atoms with E-state index in [2.05, 4.69) is 34.4 Å². The molecule has 0 saturated carbocycles. The molecular weight excluding hydrogens is 512 g/mol. The van der Waals surface area contributed by atoms with E-state index in [1.807, 2.05) is 7.05 Å². The predicted octanol–water partition coefficient (Wildman–Crippen LogP) is 1.02. The quantitative estimate of drug-likeness (QED) is 0.0989. The Hall–Kier alpha value is -2.71. The van der Waals surface area contributed by atoms with Crippen LogP contribution in [0.4, 0.5) is 9.59 Å². The number of nitrogens with one attached hydrogen (secondary N) is 4. The second kappa shape index (κ2) is 23.2. The molecule has 0 spiro atoms. The van der Waals surface area contributed by atoms with E-state index in [0.29, 0.717) is 26.2 Å². The van der Waals surface area contributed by atoms with E-state index in [4.69, 9.17) is 29.2 Å². The van der Waals surface area contributed by atoms with Crippen LogP contribution < -0.4 is 21.3 Å². The molecule has 0 aliphatic rings. The molecule has 0 aromatic rings. The number of rotatable bonds is 23. The van der Waals surface area contributed by atoms with Crippen molar-refractivity contribution in [3.8, 4) is 0 Å². The third kappa shape index (κ3) is 19.9. The Morgan fingerprint density at radius 2 is 1.36 bits per heavy atom. The van der Waals surface area contributed by atoms with Crippen molar-refractivity contribution in [2.24, 2.45) is 11.8 Å². The lowest BCUT2D eigenvalue weighted by molar-refractivity contribution is -0.121. The highest BCUT2D eigenvalue weighted by molar-refractivity contribution is 5.75. The van der Waals surface area contributed by atoms with Crippen LogP contribution in [0.25, 0.3) is 0 Å². The van der Waals surface area contributed by atoms with Crippen LogP contribution in [0.1, 0.15) is 39.5 Å². The van der Waals surface area contributed by atoms with Gasteiger partial charge in [0.15, 0.2) is 0 Å². The lowest BCUT2D eigenvalue weighted by Gasteiger charge is -2.20. The molecular formula is C26H48N4O9. The topological polar surface area (TPSA) is 177 Å². The van der Waals surface area contributed by atoms with Crippen LogP contribution in [0.3, 0.4) is 0 Å². The number of hydrogen-bond donors (Lipinski definition) is 6. The minimum absolute atomic E-state index is 0.145. The minimum atomic E-state index is -0.812. The zero-order valence-electron chi connectivity index (χ0n) is 23.6. The first-order valence-corrected chi connectivity index (χ1v) is 13.2. The van der Waals surface area contributed by atoms with Gasteiger partial charge in [0.1, 0.15) is 19.3 Å². The van der Waals surface area contributed by atoms with Gasteiger partial charge in [-0.25, -0.2) is 9.59 Å². The van der Waals surface area contributed by atoms with Crippen LogP contribution in [-0.4, -0.2) is 101 Å². The monoisotopic (exact) mass is 560 g/mol. The van der Waals surface area contributed by atoms with Gasteiger partial charge in [-0.15, -0.1) is 0 Å². The molecule has 0 heterocycles. The number of hydrogen-bond acceptors (Lipinski definition) is 10. The highest BCUT2D eigenvalue weighted by atomic mass is 16.6. The molecule has 0 rings (SSSR count). The number of ether oxygens (including phenoxy) is 4. The Morgan fingerprint density at radius 1 is 0.795 bits per heavy atom. The van der Waals surface area contributed by atoms with Crippen LogP contribution >= 0.6 is 0 Å². The predicted molar refractivity (Wildman–Crippen MR) is 146 cm³/mol. The molecule has 0 aliphatic heterocycles. The molecule has 0 radical (unpaired) electrons. The average Bonchev–Trinajstić information content (AvgIpc) is 2.92. The maximum Gasteiger partial charge on any atom is 0.411 e. The van der Waals surface area contributed by atoms with Gasteiger partial charge in [0.05, 0.1) is 19.8 Å². The van der Waals surface area contributed by atoms with Crippen LogP contribution in [0, 0.1) is 11.8 Å². The second-order valence-electron chi connectivity index (χ2n) is 9.03. The summed E-state index contributed by atoms with van der Waals surface area (Å²) in [6.07, 6.45) is 0.187. The number of carbonyl (C=O) groups excluding carboxylic acids is 3. The van der Waals surface area contributed by atoms with Gasteiger partial charge in [-0.05, 0) is 32.9 Å². The van der Waals surface area contributed by atoms with Gasteiger partial charge in [0, 0.05) is 49.4 Å². The van der Waals surface area contributed by atoms with Crippen LogP contribution in [0.15, 0.2) is 24.6 Å². The Morgan fingerprint density at radius 3 is 1.87 bits per heavy atom. The summed E-state index contributed by atoms with van der Waals surface area (Å²) < 4.78 is 21.5. The molecule has 3 amide bonds. The van der Waals surface area contributed by atoms with E-state index < -0.39 is 18.3 Å². The maximum absolute atomic E-state index is 12.0. The van der Waals surface area contributed by atoms with Gasteiger partial charge >= 0.3 is 12.2 Å². The fraction of sp³-hybridized carbons (Fsp3) is 0.731. The van der Waals surface area contributed by atoms with Crippen molar-refractivity contribution in [1.82, 2.24) is 21.3 Å². The Kier molecular flexibility index (Phi) is 21.6. The van der Waals surface area contributed by atoms with Gasteiger partial charge in [0.25, 0.3) is 0 Å². The van der Waals surface area contributed by atoms with Crippen LogP contribution in [-0.2, 0) is 23.7 Å². The average molecular weight is 561 g/mol. The van der Waals surface area contributed by atoms with Crippen molar-refractivity contribution < 1.29 is 43.5 Å². The first kappa shape index (κ1) is 36.3. The smallest absolute Gasteiger partial charge is 0.411 e. The Labute approximate surface area is 231 Å². The highest BCUT2D eigenvalue weighted by Crippen LogP contribution is 2.06. The molecule has 0 saturated heterocycles. The van der Waals surface area contributed by atoms with E-state index >= 15 is 0 Å². The summed E-state index contributed by atoms with van der Waals surface area (Å²) in [5, 5.41) is 29.0. The fourth-order valence-corrected chi connectivity index (χ4v) is 2.72. The van der Waals surface area contributed by atoms with Crippen molar-refractivity contribution in [2.45, 2.75) is 45.6 Å². The summed E-state index contributed by atoms with van der Waals surface area (Å²) in [5.41, 5.74) is 0.578. The number of alkyl carbamates (subject to hydrolysis) is 2. The number of unbranched alkanes of at least 4 members (excludes halogenated alkanes) is 1. The number of amides is 3. The Balaban J connectivity index is 4.50. The van der Waals surface area contributed by atoms with Crippen LogP contribution in [0.5, 0.6) is 0 Å². The van der Waals surface area contributed by atoms with E-state index in [1.54, 1.807) is 13.8 Å².